The largest absolute Gasteiger partial charge is 1.00 e. The van der Waals surface area contributed by atoms with Gasteiger partial charge in [-0.05, 0) is 0 Å². The van der Waals surface area contributed by atoms with Gasteiger partial charge >= 0.3 is 243 Å². The van der Waals surface area contributed by atoms with Gasteiger partial charge in [-0.1, -0.05) is 0 Å². The zero-order valence-corrected chi connectivity index (χ0v) is 29.8. The number of benzene rings is 3. The summed E-state index contributed by atoms with van der Waals surface area (Å²) in [5, 5.41) is 0. The summed E-state index contributed by atoms with van der Waals surface area (Å²) < 4.78 is 6.40. The van der Waals surface area contributed by atoms with E-state index >= 15 is 0 Å². The van der Waals surface area contributed by atoms with E-state index in [1.54, 1.807) is 0 Å². The third-order valence-corrected chi connectivity index (χ3v) is 8.45. The van der Waals surface area contributed by atoms with E-state index in [9.17, 15) is 0 Å². The minimum atomic E-state index is -0.0212. The third-order valence-electron chi connectivity index (χ3n) is 7.95. The van der Waals surface area contributed by atoms with Crippen molar-refractivity contribution in [3.05, 3.63) is 87.5 Å². The summed E-state index contributed by atoms with van der Waals surface area (Å²) in [7, 11) is 0. The predicted octanol–water partition coefficient (Wildman–Crippen LogP) is 3.89. The molecule has 4 rings (SSSR count). The maximum absolute atomic E-state index is 6.40. The Morgan fingerprint density at radius 3 is 1.23 bits per heavy atom. The summed E-state index contributed by atoms with van der Waals surface area (Å²) in [6, 6.07) is 19.2. The molecule has 0 radical (unpaired) electrons. The zero-order valence-electron chi connectivity index (χ0n) is 25.9. The van der Waals surface area contributed by atoms with Crippen LogP contribution in [0.2, 0.25) is 0 Å². The molecule has 0 N–H and O–H groups in total. The fourth-order valence-corrected chi connectivity index (χ4v) is 6.06. The monoisotopic (exact) mass is 641 g/mol. The molecule has 3 aromatic carbocycles. The number of fused-ring (bicyclic) bond motifs is 3. The molecule has 1 aliphatic carbocycles. The average molecular weight is 644 g/mol. The van der Waals surface area contributed by atoms with Crippen LogP contribution in [0.1, 0.15) is 128 Å². The van der Waals surface area contributed by atoms with Crippen LogP contribution in [0, 0.1) is 0 Å². The molecular weight excluding hydrogens is 599 g/mol. The van der Waals surface area contributed by atoms with Crippen LogP contribution < -0.4 is 27.6 Å². The molecule has 0 saturated carbocycles. The third kappa shape index (κ3) is 6.55. The van der Waals surface area contributed by atoms with Crippen molar-refractivity contribution in [3.63, 3.8) is 0 Å². The van der Waals surface area contributed by atoms with E-state index in [1.165, 1.54) is 50.1 Å². The fourth-order valence-electron chi connectivity index (χ4n) is 5.50. The molecule has 0 saturated heterocycles. The van der Waals surface area contributed by atoms with E-state index in [4.69, 9.17) is 2.81 Å². The van der Waals surface area contributed by atoms with Gasteiger partial charge in [-0.2, -0.15) is 0 Å². The Bertz CT molecular complexity index is 1280. The maximum atomic E-state index is 6.40. The Morgan fingerprint density at radius 2 is 0.897 bits per heavy atom. The summed E-state index contributed by atoms with van der Waals surface area (Å²) in [5.41, 5.74) is 12.5. The minimum Gasteiger partial charge on any atom is -1.00 e. The van der Waals surface area contributed by atoms with Gasteiger partial charge in [0.2, 0.25) is 0 Å². The summed E-state index contributed by atoms with van der Waals surface area (Å²) in [4.78, 5) is 0. The second-order valence-electron chi connectivity index (χ2n) is 15.1. The Balaban J connectivity index is 0.00000267. The van der Waals surface area contributed by atoms with Gasteiger partial charge < -0.3 is 24.8 Å². The normalized spacial score (nSPS) is 13.8. The van der Waals surface area contributed by atoms with Crippen molar-refractivity contribution in [2.24, 2.45) is 0 Å². The topological polar surface area (TPSA) is 9.23 Å². The molecule has 0 unspecified atom stereocenters. The van der Waals surface area contributed by atoms with Crippen molar-refractivity contribution in [1.29, 1.82) is 0 Å². The van der Waals surface area contributed by atoms with E-state index < -0.39 is 0 Å². The molecule has 0 heterocycles. The van der Waals surface area contributed by atoms with Gasteiger partial charge in [0, 0.05) is 0 Å². The number of hydrogen-bond donors (Lipinski definition) is 0. The SMILES string of the molecule is CC(C)(C)c1ccc2c(c1)C(c1cc(C(C)(C)C)cc(C(C)(C)C)c1[O][Zr+2])c1cc(C(C)(C)C)ccc1-2.[Cl-].[Cl-]. The first-order valence-corrected chi connectivity index (χ1v) is 14.7. The summed E-state index contributed by atoms with van der Waals surface area (Å²) in [6.07, 6.45) is 0. The van der Waals surface area contributed by atoms with Crippen LogP contribution in [-0.2, 0) is 46.8 Å². The molecule has 0 aromatic heterocycles. The molecule has 39 heavy (non-hydrogen) atoms. The zero-order chi connectivity index (χ0) is 27.7. The average Bonchev–Trinajstić information content (AvgIpc) is 3.08. The predicted molar refractivity (Wildman–Crippen MR) is 155 cm³/mol. The van der Waals surface area contributed by atoms with Crippen LogP contribution in [0.15, 0.2) is 48.5 Å². The Morgan fingerprint density at radius 1 is 0.513 bits per heavy atom. The van der Waals surface area contributed by atoms with Gasteiger partial charge in [-0.15, -0.1) is 0 Å². The quantitative estimate of drug-likeness (QED) is 0.323. The van der Waals surface area contributed by atoms with Crippen molar-refractivity contribution < 1.29 is 52.8 Å². The Kier molecular flexibility index (Phi) is 9.89. The molecule has 0 bridgehead atoms. The second-order valence-corrected chi connectivity index (χ2v) is 15.6. The summed E-state index contributed by atoms with van der Waals surface area (Å²) in [6.45, 7) is 27.8. The van der Waals surface area contributed by atoms with Crippen LogP contribution in [0.4, 0.5) is 0 Å². The van der Waals surface area contributed by atoms with Gasteiger partial charge in [-0.25, -0.2) is 0 Å². The van der Waals surface area contributed by atoms with Gasteiger partial charge in [0.1, 0.15) is 0 Å². The van der Waals surface area contributed by atoms with E-state index in [2.05, 4.69) is 132 Å². The number of rotatable bonds is 2. The Labute approximate surface area is 266 Å². The van der Waals surface area contributed by atoms with Gasteiger partial charge in [0.15, 0.2) is 0 Å². The first-order valence-electron chi connectivity index (χ1n) is 13.7. The summed E-state index contributed by atoms with van der Waals surface area (Å²) in [5.74, 6) is 1.22. The van der Waals surface area contributed by atoms with Gasteiger partial charge in [-0.3, -0.25) is 0 Å². The van der Waals surface area contributed by atoms with E-state index in [0.29, 0.717) is 0 Å². The number of hydrogen-bond acceptors (Lipinski definition) is 1. The van der Waals surface area contributed by atoms with Crippen LogP contribution >= 0.6 is 0 Å². The van der Waals surface area contributed by atoms with Crippen molar-refractivity contribution in [2.75, 3.05) is 0 Å². The molecule has 209 valence electrons. The van der Waals surface area contributed by atoms with Crippen molar-refractivity contribution >= 4 is 0 Å². The molecule has 1 nitrogen and oxygen atoms in total. The molecule has 4 heteroatoms. The molecule has 0 spiro atoms. The van der Waals surface area contributed by atoms with E-state index in [-0.39, 0.29) is 52.4 Å². The minimum absolute atomic E-state index is 0. The fraction of sp³-hybridized carbons (Fsp3) is 0.486. The second kappa shape index (κ2) is 11.3. The Hall–Kier alpha value is -1.08. The van der Waals surface area contributed by atoms with Crippen LogP contribution in [0.5, 0.6) is 5.75 Å². The maximum Gasteiger partial charge on any atom is -1.00 e. The molecule has 0 atom stereocenters. The van der Waals surface area contributed by atoms with Crippen molar-refractivity contribution in [1.82, 2.24) is 0 Å². The number of halogens is 2. The van der Waals surface area contributed by atoms with Gasteiger partial charge in [0.05, 0.1) is 0 Å². The van der Waals surface area contributed by atoms with E-state index in [1.807, 2.05) is 0 Å². The van der Waals surface area contributed by atoms with Crippen LogP contribution in [-0.4, -0.2) is 0 Å². The first-order chi connectivity index (χ1) is 16.8. The molecule has 0 fully saturated rings. The first kappa shape index (κ1) is 34.1. The summed E-state index contributed by atoms with van der Waals surface area (Å²) >= 11 is 1.08. The smallest absolute Gasteiger partial charge is 1.00 e. The molecule has 0 amide bonds. The van der Waals surface area contributed by atoms with Gasteiger partial charge in [0.25, 0.3) is 0 Å². The standard InChI is InChI=1S/C35H46O.2ClH.Zr/c1-32(2,3)21-13-15-24-25-16-14-22(33(4,5)6)18-27(25)30(26(24)17-21)28-19-23(34(7,8)9)20-29(31(28)36)35(10,11)12;;;/h13-20,30,36H,1-12H3;2*1H;/q;;;+3/p-3. The van der Waals surface area contributed by atoms with E-state index in [0.717, 1.165) is 30.9 Å². The molecule has 3 aromatic rings. The molecule has 1 aliphatic rings. The van der Waals surface area contributed by atoms with Crippen LogP contribution in [0.3, 0.4) is 0 Å². The molecular formula is C35H45Cl2OZr. The van der Waals surface area contributed by atoms with Crippen molar-refractivity contribution in [2.45, 2.75) is 111 Å². The molecule has 0 aliphatic heterocycles. The van der Waals surface area contributed by atoms with Crippen LogP contribution in [0.25, 0.3) is 11.1 Å². The van der Waals surface area contributed by atoms with Crippen molar-refractivity contribution in [3.8, 4) is 16.9 Å².